The van der Waals surface area contributed by atoms with E-state index in [-0.39, 0.29) is 5.92 Å². The molecule has 0 amide bonds. The molecule has 3 aromatic carbocycles. The van der Waals surface area contributed by atoms with Crippen LogP contribution in [-0.4, -0.2) is 10.1 Å². The standard InChI is InChI=1S/C22H18ClNO/c23-18-12-7-13-19-21(18)17(14-24-19)20(15-8-3-1-4-9-15)22(25)16-10-5-2-6-11-16/h1-14,20,22,24-25H/t20-,22+/m1/s1. The summed E-state index contributed by atoms with van der Waals surface area (Å²) in [6, 6.07) is 25.6. The molecule has 0 radical (unpaired) electrons. The third kappa shape index (κ3) is 2.95. The third-order valence-electron chi connectivity index (χ3n) is 4.64. The van der Waals surface area contributed by atoms with Crippen molar-refractivity contribution in [2.24, 2.45) is 0 Å². The van der Waals surface area contributed by atoms with Crippen LogP contribution in [0, 0.1) is 0 Å². The highest BCUT2D eigenvalue weighted by Crippen LogP contribution is 2.41. The Balaban J connectivity index is 1.92. The minimum absolute atomic E-state index is 0.211. The first-order chi connectivity index (χ1) is 12.3. The van der Waals surface area contributed by atoms with E-state index in [1.54, 1.807) is 0 Å². The highest BCUT2D eigenvalue weighted by molar-refractivity contribution is 6.35. The minimum Gasteiger partial charge on any atom is -0.387 e. The van der Waals surface area contributed by atoms with Crippen LogP contribution in [0.4, 0.5) is 0 Å². The van der Waals surface area contributed by atoms with E-state index in [1.807, 2.05) is 85.1 Å². The van der Waals surface area contributed by atoms with Crippen LogP contribution in [0.25, 0.3) is 10.9 Å². The molecular formula is C22H18ClNO. The van der Waals surface area contributed by atoms with Crippen LogP contribution in [0.2, 0.25) is 5.02 Å². The van der Waals surface area contributed by atoms with Crippen molar-refractivity contribution in [3.8, 4) is 0 Å². The van der Waals surface area contributed by atoms with E-state index in [4.69, 9.17) is 11.6 Å². The predicted molar refractivity (Wildman–Crippen MR) is 103 cm³/mol. The van der Waals surface area contributed by atoms with Gasteiger partial charge < -0.3 is 10.1 Å². The Morgan fingerprint density at radius 1 is 0.760 bits per heavy atom. The van der Waals surface area contributed by atoms with Gasteiger partial charge in [-0.15, -0.1) is 0 Å². The monoisotopic (exact) mass is 347 g/mol. The maximum Gasteiger partial charge on any atom is 0.0899 e. The van der Waals surface area contributed by atoms with Gasteiger partial charge in [0.1, 0.15) is 0 Å². The number of H-pyrrole nitrogens is 1. The fourth-order valence-corrected chi connectivity index (χ4v) is 3.73. The molecule has 1 aromatic heterocycles. The maximum atomic E-state index is 11.2. The molecule has 4 aromatic rings. The molecule has 0 aliphatic heterocycles. The van der Waals surface area contributed by atoms with E-state index in [0.29, 0.717) is 5.02 Å². The van der Waals surface area contributed by atoms with Gasteiger partial charge in [-0.25, -0.2) is 0 Å². The number of nitrogens with one attached hydrogen (secondary N) is 1. The molecule has 25 heavy (non-hydrogen) atoms. The Labute approximate surface area is 151 Å². The molecule has 0 aliphatic carbocycles. The maximum absolute atomic E-state index is 11.2. The molecule has 0 unspecified atom stereocenters. The molecule has 0 spiro atoms. The summed E-state index contributed by atoms with van der Waals surface area (Å²) in [5.41, 5.74) is 3.92. The molecule has 0 saturated carbocycles. The number of rotatable bonds is 4. The number of halogens is 1. The van der Waals surface area contributed by atoms with E-state index >= 15 is 0 Å². The number of hydrogen-bond donors (Lipinski definition) is 2. The molecule has 2 atom stereocenters. The lowest BCUT2D eigenvalue weighted by molar-refractivity contribution is 0.159. The molecule has 0 bridgehead atoms. The summed E-state index contributed by atoms with van der Waals surface area (Å²) in [5, 5.41) is 12.9. The summed E-state index contributed by atoms with van der Waals surface area (Å²) < 4.78 is 0. The molecule has 0 saturated heterocycles. The van der Waals surface area contributed by atoms with Gasteiger partial charge in [0.25, 0.3) is 0 Å². The van der Waals surface area contributed by atoms with E-state index in [0.717, 1.165) is 27.6 Å². The number of hydrogen-bond acceptors (Lipinski definition) is 1. The van der Waals surface area contributed by atoms with Crippen LogP contribution in [0.3, 0.4) is 0 Å². The van der Waals surface area contributed by atoms with Gasteiger partial charge in [-0.05, 0) is 28.8 Å². The summed E-state index contributed by atoms with van der Waals surface area (Å²) >= 11 is 6.48. The number of aromatic amines is 1. The minimum atomic E-state index is -0.668. The highest BCUT2D eigenvalue weighted by Gasteiger charge is 2.27. The normalized spacial score (nSPS) is 13.7. The smallest absolute Gasteiger partial charge is 0.0899 e. The number of aromatic nitrogens is 1. The van der Waals surface area contributed by atoms with Crippen molar-refractivity contribution in [1.82, 2.24) is 4.98 Å². The van der Waals surface area contributed by atoms with Gasteiger partial charge in [-0.1, -0.05) is 78.3 Å². The largest absolute Gasteiger partial charge is 0.387 e. The lowest BCUT2D eigenvalue weighted by Gasteiger charge is -2.24. The first kappa shape index (κ1) is 15.9. The molecule has 1 heterocycles. The van der Waals surface area contributed by atoms with Crippen LogP contribution in [0.5, 0.6) is 0 Å². The molecular weight excluding hydrogens is 330 g/mol. The first-order valence-electron chi connectivity index (χ1n) is 8.29. The molecule has 124 valence electrons. The molecule has 4 rings (SSSR count). The summed E-state index contributed by atoms with van der Waals surface area (Å²) in [4.78, 5) is 3.29. The third-order valence-corrected chi connectivity index (χ3v) is 4.95. The topological polar surface area (TPSA) is 36.0 Å². The molecule has 2 N–H and O–H groups in total. The van der Waals surface area contributed by atoms with Gasteiger partial charge in [0.15, 0.2) is 0 Å². The van der Waals surface area contributed by atoms with Crippen molar-refractivity contribution >= 4 is 22.5 Å². The molecule has 0 fully saturated rings. The Kier molecular flexibility index (Phi) is 4.31. The van der Waals surface area contributed by atoms with E-state index in [2.05, 4.69) is 4.98 Å². The summed E-state index contributed by atoms with van der Waals surface area (Å²) in [5.74, 6) is -0.211. The number of aliphatic hydroxyl groups excluding tert-OH is 1. The fourth-order valence-electron chi connectivity index (χ4n) is 3.45. The van der Waals surface area contributed by atoms with Crippen molar-refractivity contribution in [3.63, 3.8) is 0 Å². The average Bonchev–Trinajstić information content (AvgIpc) is 3.09. The van der Waals surface area contributed by atoms with Gasteiger partial charge in [0, 0.05) is 23.0 Å². The second-order valence-electron chi connectivity index (χ2n) is 6.15. The highest BCUT2D eigenvalue weighted by atomic mass is 35.5. The molecule has 3 heteroatoms. The second-order valence-corrected chi connectivity index (χ2v) is 6.56. The number of fused-ring (bicyclic) bond motifs is 1. The Morgan fingerprint density at radius 2 is 1.40 bits per heavy atom. The van der Waals surface area contributed by atoms with E-state index in [1.165, 1.54) is 0 Å². The SMILES string of the molecule is O[C@@H](c1ccccc1)[C@H](c1ccccc1)c1c[nH]c2cccc(Cl)c12. The number of benzene rings is 3. The zero-order chi connectivity index (χ0) is 17.2. The lowest BCUT2D eigenvalue weighted by Crippen LogP contribution is -2.12. The Bertz CT molecular complexity index is 979. The van der Waals surface area contributed by atoms with Crippen molar-refractivity contribution in [2.75, 3.05) is 0 Å². The van der Waals surface area contributed by atoms with Gasteiger partial charge in [-0.3, -0.25) is 0 Å². The van der Waals surface area contributed by atoms with Gasteiger partial charge in [-0.2, -0.15) is 0 Å². The van der Waals surface area contributed by atoms with Crippen molar-refractivity contribution in [1.29, 1.82) is 0 Å². The van der Waals surface area contributed by atoms with Crippen LogP contribution < -0.4 is 0 Å². The van der Waals surface area contributed by atoms with Gasteiger partial charge >= 0.3 is 0 Å². The Hall–Kier alpha value is -2.55. The lowest BCUT2D eigenvalue weighted by atomic mass is 9.83. The van der Waals surface area contributed by atoms with Gasteiger partial charge in [0.2, 0.25) is 0 Å². The van der Waals surface area contributed by atoms with Crippen LogP contribution in [-0.2, 0) is 0 Å². The summed E-state index contributed by atoms with van der Waals surface area (Å²) in [6.07, 6.45) is 1.29. The zero-order valence-electron chi connectivity index (χ0n) is 13.6. The van der Waals surface area contributed by atoms with Gasteiger partial charge in [0.05, 0.1) is 11.1 Å². The molecule has 2 nitrogen and oxygen atoms in total. The van der Waals surface area contributed by atoms with Crippen molar-refractivity contribution < 1.29 is 5.11 Å². The van der Waals surface area contributed by atoms with Crippen molar-refractivity contribution in [2.45, 2.75) is 12.0 Å². The van der Waals surface area contributed by atoms with Crippen LogP contribution >= 0.6 is 11.6 Å². The van der Waals surface area contributed by atoms with E-state index < -0.39 is 6.10 Å². The summed E-state index contributed by atoms with van der Waals surface area (Å²) in [7, 11) is 0. The quantitative estimate of drug-likeness (QED) is 0.489. The van der Waals surface area contributed by atoms with Crippen LogP contribution in [0.15, 0.2) is 85.1 Å². The first-order valence-corrected chi connectivity index (χ1v) is 8.67. The predicted octanol–water partition coefficient (Wildman–Crippen LogP) is 5.69. The fraction of sp³-hybridized carbons (Fsp3) is 0.0909. The zero-order valence-corrected chi connectivity index (χ0v) is 14.3. The van der Waals surface area contributed by atoms with Crippen LogP contribution in [0.1, 0.15) is 28.7 Å². The van der Waals surface area contributed by atoms with E-state index in [9.17, 15) is 5.11 Å². The van der Waals surface area contributed by atoms with Crippen molar-refractivity contribution in [3.05, 3.63) is 107 Å². The average molecular weight is 348 g/mol. The summed E-state index contributed by atoms with van der Waals surface area (Å²) in [6.45, 7) is 0. The number of aliphatic hydroxyl groups is 1. The Morgan fingerprint density at radius 3 is 2.08 bits per heavy atom. The second kappa shape index (κ2) is 6.75. The molecule has 0 aliphatic rings.